The summed E-state index contributed by atoms with van der Waals surface area (Å²) in [5, 5.41) is 3.19. The van der Waals surface area contributed by atoms with Gasteiger partial charge in [0.15, 0.2) is 0 Å². The van der Waals surface area contributed by atoms with Crippen molar-refractivity contribution in [3.8, 4) is 0 Å². The zero-order valence-electron chi connectivity index (χ0n) is 19.7. The predicted molar refractivity (Wildman–Crippen MR) is 140 cm³/mol. The molecule has 5 nitrogen and oxygen atoms in total. The van der Waals surface area contributed by atoms with E-state index in [0.29, 0.717) is 19.6 Å². The quantitative estimate of drug-likeness (QED) is 0.327. The number of benzene rings is 2. The highest BCUT2D eigenvalue weighted by Gasteiger charge is 2.26. The molecule has 0 aliphatic rings. The fraction of sp³-hybridized carbons (Fsp3) is 0.296. The average Bonchev–Trinajstić information content (AvgIpc) is 3.36. The van der Waals surface area contributed by atoms with Gasteiger partial charge in [0.25, 0.3) is 0 Å². The van der Waals surface area contributed by atoms with E-state index in [-0.39, 0.29) is 18.4 Å². The van der Waals surface area contributed by atoms with Crippen LogP contribution >= 0.6 is 11.3 Å². The second-order valence-electron chi connectivity index (χ2n) is 8.38. The van der Waals surface area contributed by atoms with E-state index in [2.05, 4.69) is 0 Å². The minimum absolute atomic E-state index is 0.132. The summed E-state index contributed by atoms with van der Waals surface area (Å²) in [7, 11) is -3.78. The third kappa shape index (κ3) is 7.94. The zero-order valence-corrected chi connectivity index (χ0v) is 21.3. The monoisotopic (exact) mass is 496 g/mol. The van der Waals surface area contributed by atoms with Crippen LogP contribution in [-0.2, 0) is 27.9 Å². The Labute approximate surface area is 207 Å². The van der Waals surface area contributed by atoms with Crippen molar-refractivity contribution in [1.29, 1.82) is 0 Å². The summed E-state index contributed by atoms with van der Waals surface area (Å²) >= 11 is 1.59. The summed E-state index contributed by atoms with van der Waals surface area (Å²) in [6.07, 6.45) is 2.41. The molecule has 0 bridgehead atoms. The lowest BCUT2D eigenvalue weighted by Gasteiger charge is -2.28. The van der Waals surface area contributed by atoms with Gasteiger partial charge >= 0.3 is 0 Å². The third-order valence-corrected chi connectivity index (χ3v) is 7.95. The van der Waals surface area contributed by atoms with Gasteiger partial charge in [-0.15, -0.1) is 11.3 Å². The first kappa shape index (κ1) is 25.9. The molecule has 34 heavy (non-hydrogen) atoms. The molecule has 1 heterocycles. The molecule has 1 atom stereocenters. The van der Waals surface area contributed by atoms with Gasteiger partial charge in [0.2, 0.25) is 15.9 Å². The molecule has 2 aromatic carbocycles. The number of amides is 1. The molecule has 0 saturated carbocycles. The van der Waals surface area contributed by atoms with Crippen LogP contribution in [0.5, 0.6) is 0 Å². The number of carbonyl (C=O) groups is 1. The third-order valence-electron chi connectivity index (χ3n) is 5.61. The van der Waals surface area contributed by atoms with Gasteiger partial charge in [0.05, 0.1) is 13.1 Å². The maximum atomic E-state index is 13.5. The van der Waals surface area contributed by atoms with Crippen LogP contribution in [0.1, 0.15) is 36.3 Å². The molecule has 1 amide bonds. The zero-order chi connectivity index (χ0) is 24.4. The smallest absolute Gasteiger partial charge is 0.238 e. The van der Waals surface area contributed by atoms with Crippen molar-refractivity contribution in [2.75, 3.05) is 13.1 Å². The first-order chi connectivity index (χ1) is 16.4. The number of hydrogen-bond donors (Lipinski definition) is 0. The van der Waals surface area contributed by atoms with Crippen LogP contribution in [0.15, 0.2) is 83.6 Å². The van der Waals surface area contributed by atoms with E-state index >= 15 is 0 Å². The highest BCUT2D eigenvalue weighted by atomic mass is 32.2. The molecule has 0 saturated heterocycles. The Bertz CT molecular complexity index is 1150. The maximum absolute atomic E-state index is 13.5. The summed E-state index contributed by atoms with van der Waals surface area (Å²) in [5.41, 5.74) is 1.80. The topological polar surface area (TPSA) is 57.7 Å². The Morgan fingerprint density at radius 1 is 0.971 bits per heavy atom. The summed E-state index contributed by atoms with van der Waals surface area (Å²) < 4.78 is 27.8. The Hall–Kier alpha value is -2.74. The Kier molecular flexibility index (Phi) is 9.62. The van der Waals surface area contributed by atoms with Crippen molar-refractivity contribution in [3.05, 3.63) is 99.6 Å². The maximum Gasteiger partial charge on any atom is 0.238 e. The summed E-state index contributed by atoms with van der Waals surface area (Å²) in [6, 6.07) is 23.0. The van der Waals surface area contributed by atoms with Crippen LogP contribution in [0.3, 0.4) is 0 Å². The van der Waals surface area contributed by atoms with E-state index in [0.717, 1.165) is 22.4 Å². The van der Waals surface area contributed by atoms with E-state index in [1.165, 1.54) is 9.71 Å². The minimum atomic E-state index is -3.78. The molecule has 3 aromatic rings. The second-order valence-corrected chi connectivity index (χ2v) is 11.2. The van der Waals surface area contributed by atoms with Gasteiger partial charge in [0, 0.05) is 23.4 Å². The van der Waals surface area contributed by atoms with E-state index in [1.54, 1.807) is 22.3 Å². The van der Waals surface area contributed by atoms with Gasteiger partial charge in [-0.1, -0.05) is 87.0 Å². The van der Waals surface area contributed by atoms with Gasteiger partial charge < -0.3 is 4.90 Å². The highest BCUT2D eigenvalue weighted by molar-refractivity contribution is 7.92. The van der Waals surface area contributed by atoms with Gasteiger partial charge in [0.1, 0.15) is 0 Å². The van der Waals surface area contributed by atoms with Crippen LogP contribution in [0.4, 0.5) is 0 Å². The number of sulfonamides is 1. The predicted octanol–water partition coefficient (Wildman–Crippen LogP) is 5.63. The fourth-order valence-corrected chi connectivity index (χ4v) is 5.40. The van der Waals surface area contributed by atoms with Crippen LogP contribution in [0.2, 0.25) is 0 Å². The number of thiophene rings is 1. The van der Waals surface area contributed by atoms with Crippen LogP contribution in [0.25, 0.3) is 6.08 Å². The number of hydrogen-bond acceptors (Lipinski definition) is 4. The summed E-state index contributed by atoms with van der Waals surface area (Å²) in [4.78, 5) is 16.3. The number of carbonyl (C=O) groups excluding carboxylic acids is 1. The molecular weight excluding hydrogens is 464 g/mol. The van der Waals surface area contributed by atoms with Crippen molar-refractivity contribution in [3.63, 3.8) is 0 Å². The molecular formula is C27H32N2O3S2. The average molecular weight is 497 g/mol. The van der Waals surface area contributed by atoms with E-state index < -0.39 is 10.0 Å². The second kappa shape index (κ2) is 12.6. The lowest BCUT2D eigenvalue weighted by molar-refractivity contribution is -0.132. The molecule has 0 spiro atoms. The van der Waals surface area contributed by atoms with Crippen molar-refractivity contribution in [2.45, 2.75) is 33.4 Å². The Morgan fingerprint density at radius 3 is 2.26 bits per heavy atom. The molecule has 3 rings (SSSR count). The van der Waals surface area contributed by atoms with Crippen LogP contribution in [0, 0.1) is 5.92 Å². The molecule has 1 aromatic heterocycles. The molecule has 0 fully saturated rings. The van der Waals surface area contributed by atoms with E-state index in [4.69, 9.17) is 0 Å². The molecule has 0 N–H and O–H groups in total. The molecule has 0 radical (unpaired) electrons. The Morgan fingerprint density at radius 2 is 1.65 bits per heavy atom. The Balaban J connectivity index is 1.82. The van der Waals surface area contributed by atoms with Crippen molar-refractivity contribution in [1.82, 2.24) is 9.21 Å². The SMILES string of the molecule is CCC(C)CN(CC(=O)N(Cc1ccccc1)Cc1cccs1)S(=O)(=O)C=Cc1ccccc1. The molecule has 1 unspecified atom stereocenters. The normalized spacial score (nSPS) is 12.8. The van der Waals surface area contributed by atoms with Gasteiger partial charge in [-0.2, -0.15) is 4.31 Å². The molecule has 0 aliphatic heterocycles. The fourth-order valence-electron chi connectivity index (χ4n) is 3.43. The standard InChI is InChI=1S/C27H32N2O3S2/c1-3-23(2)19-29(34(31,32)18-16-24-11-6-4-7-12-24)22-27(30)28(21-26-15-10-17-33-26)20-25-13-8-5-9-14-25/h4-18,23H,3,19-22H2,1-2H3. The number of nitrogens with zero attached hydrogens (tertiary/aromatic N) is 2. The van der Waals surface area contributed by atoms with E-state index in [1.807, 2.05) is 92.0 Å². The largest absolute Gasteiger partial charge is 0.332 e. The highest BCUT2D eigenvalue weighted by Crippen LogP contribution is 2.18. The first-order valence-electron chi connectivity index (χ1n) is 11.4. The lowest BCUT2D eigenvalue weighted by atomic mass is 10.1. The lowest BCUT2D eigenvalue weighted by Crippen LogP contribution is -2.43. The van der Waals surface area contributed by atoms with E-state index in [9.17, 15) is 13.2 Å². The summed E-state index contributed by atoms with van der Waals surface area (Å²) in [5.74, 6) is -0.0789. The van der Waals surface area contributed by atoms with Crippen LogP contribution in [-0.4, -0.2) is 36.6 Å². The molecule has 0 aliphatic carbocycles. The van der Waals surface area contributed by atoms with Gasteiger partial charge in [-0.05, 0) is 34.6 Å². The molecule has 7 heteroatoms. The van der Waals surface area contributed by atoms with Gasteiger partial charge in [-0.25, -0.2) is 8.42 Å². The van der Waals surface area contributed by atoms with Crippen LogP contribution < -0.4 is 0 Å². The number of rotatable bonds is 12. The first-order valence-corrected chi connectivity index (χ1v) is 13.8. The minimum Gasteiger partial charge on any atom is -0.332 e. The van der Waals surface area contributed by atoms with Gasteiger partial charge in [-0.3, -0.25) is 4.79 Å². The van der Waals surface area contributed by atoms with Crippen molar-refractivity contribution in [2.24, 2.45) is 5.92 Å². The summed E-state index contributed by atoms with van der Waals surface area (Å²) in [6.45, 7) is 5.00. The van der Waals surface area contributed by atoms with Crippen molar-refractivity contribution >= 4 is 33.3 Å². The molecule has 180 valence electrons. The van der Waals surface area contributed by atoms with Crippen molar-refractivity contribution < 1.29 is 13.2 Å².